The number of ether oxygens (including phenoxy) is 1. The summed E-state index contributed by atoms with van der Waals surface area (Å²) in [6.07, 6.45) is 3.06. The van der Waals surface area contributed by atoms with E-state index in [1.807, 2.05) is 6.07 Å². The molecule has 1 saturated heterocycles. The van der Waals surface area contributed by atoms with Gasteiger partial charge in [-0.3, -0.25) is 0 Å². The van der Waals surface area contributed by atoms with Crippen molar-refractivity contribution >= 4 is 0 Å². The van der Waals surface area contributed by atoms with Crippen molar-refractivity contribution in [1.29, 1.82) is 0 Å². The highest BCUT2D eigenvalue weighted by atomic mass is 16.5. The average molecular weight is 218 g/mol. The van der Waals surface area contributed by atoms with Gasteiger partial charge in [0.15, 0.2) is 0 Å². The van der Waals surface area contributed by atoms with E-state index in [9.17, 15) is 5.11 Å². The van der Waals surface area contributed by atoms with Gasteiger partial charge in [0, 0.05) is 13.2 Å². The Morgan fingerprint density at radius 3 is 2.94 bits per heavy atom. The SMILES string of the molecule is OC1c2ccccc2CC1CC1CCOC1. The summed E-state index contributed by atoms with van der Waals surface area (Å²) in [5.74, 6) is 1.07. The highest BCUT2D eigenvalue weighted by Gasteiger charge is 2.33. The molecule has 3 unspecified atom stereocenters. The van der Waals surface area contributed by atoms with Gasteiger partial charge in [-0.05, 0) is 42.2 Å². The lowest BCUT2D eigenvalue weighted by molar-refractivity contribution is 0.103. The summed E-state index contributed by atoms with van der Waals surface area (Å²) in [4.78, 5) is 0. The molecule has 2 nitrogen and oxygen atoms in total. The fourth-order valence-electron chi connectivity index (χ4n) is 3.07. The molecule has 3 rings (SSSR count). The topological polar surface area (TPSA) is 29.5 Å². The van der Waals surface area contributed by atoms with Gasteiger partial charge in [-0.1, -0.05) is 24.3 Å². The summed E-state index contributed by atoms with van der Waals surface area (Å²) >= 11 is 0. The van der Waals surface area contributed by atoms with E-state index in [1.54, 1.807) is 0 Å². The van der Waals surface area contributed by atoms with E-state index in [0.29, 0.717) is 11.8 Å². The number of rotatable bonds is 2. The highest BCUT2D eigenvalue weighted by Crippen LogP contribution is 2.40. The van der Waals surface area contributed by atoms with Gasteiger partial charge in [-0.15, -0.1) is 0 Å². The minimum Gasteiger partial charge on any atom is -0.388 e. The van der Waals surface area contributed by atoms with Gasteiger partial charge < -0.3 is 9.84 Å². The van der Waals surface area contributed by atoms with Crippen molar-refractivity contribution in [2.24, 2.45) is 11.8 Å². The number of hydrogen-bond donors (Lipinski definition) is 1. The predicted molar refractivity (Wildman–Crippen MR) is 62.1 cm³/mol. The van der Waals surface area contributed by atoms with Crippen LogP contribution in [0, 0.1) is 11.8 Å². The summed E-state index contributed by atoms with van der Waals surface area (Å²) in [6.45, 7) is 1.79. The Bertz CT molecular complexity index is 369. The molecular formula is C14H18O2. The van der Waals surface area contributed by atoms with Gasteiger partial charge in [0.2, 0.25) is 0 Å². The van der Waals surface area contributed by atoms with Crippen molar-refractivity contribution in [2.75, 3.05) is 13.2 Å². The van der Waals surface area contributed by atoms with Gasteiger partial charge in [-0.25, -0.2) is 0 Å². The lowest BCUT2D eigenvalue weighted by Gasteiger charge is -2.18. The fourth-order valence-corrected chi connectivity index (χ4v) is 3.07. The summed E-state index contributed by atoms with van der Waals surface area (Å²) in [5.41, 5.74) is 2.48. The maximum Gasteiger partial charge on any atom is 0.0824 e. The van der Waals surface area contributed by atoms with E-state index >= 15 is 0 Å². The lowest BCUT2D eigenvalue weighted by Crippen LogP contribution is -2.13. The van der Waals surface area contributed by atoms with Gasteiger partial charge in [0.1, 0.15) is 0 Å². The van der Waals surface area contributed by atoms with E-state index in [2.05, 4.69) is 18.2 Å². The molecule has 1 fully saturated rings. The minimum atomic E-state index is -0.253. The van der Waals surface area contributed by atoms with Crippen LogP contribution in [-0.2, 0) is 11.2 Å². The molecule has 86 valence electrons. The average Bonchev–Trinajstić information content (AvgIpc) is 2.90. The first-order valence-electron chi connectivity index (χ1n) is 6.18. The second-order valence-electron chi connectivity index (χ2n) is 5.07. The minimum absolute atomic E-state index is 0.253. The first kappa shape index (κ1) is 10.3. The van der Waals surface area contributed by atoms with Gasteiger partial charge >= 0.3 is 0 Å². The molecule has 0 radical (unpaired) electrons. The first-order chi connectivity index (χ1) is 7.84. The molecule has 16 heavy (non-hydrogen) atoms. The summed E-state index contributed by atoms with van der Waals surface area (Å²) in [5, 5.41) is 10.3. The van der Waals surface area contributed by atoms with Crippen molar-refractivity contribution in [3.63, 3.8) is 0 Å². The third-order valence-electron chi connectivity index (χ3n) is 3.96. The summed E-state index contributed by atoms with van der Waals surface area (Å²) in [7, 11) is 0. The predicted octanol–water partition coefficient (Wildman–Crippen LogP) is 2.32. The van der Waals surface area contributed by atoms with Crippen LogP contribution in [0.15, 0.2) is 24.3 Å². The van der Waals surface area contributed by atoms with E-state index in [4.69, 9.17) is 4.74 Å². The fraction of sp³-hybridized carbons (Fsp3) is 0.571. The molecule has 0 saturated carbocycles. The molecule has 1 aromatic rings. The van der Waals surface area contributed by atoms with Gasteiger partial charge in [0.25, 0.3) is 0 Å². The van der Waals surface area contributed by atoms with E-state index in [0.717, 1.165) is 31.6 Å². The molecular weight excluding hydrogens is 200 g/mol. The van der Waals surface area contributed by atoms with Crippen LogP contribution in [0.4, 0.5) is 0 Å². The molecule has 1 aliphatic heterocycles. The maximum atomic E-state index is 10.3. The zero-order valence-corrected chi connectivity index (χ0v) is 9.43. The van der Waals surface area contributed by atoms with Crippen LogP contribution in [0.25, 0.3) is 0 Å². The third-order valence-corrected chi connectivity index (χ3v) is 3.96. The molecule has 0 aromatic heterocycles. The van der Waals surface area contributed by atoms with Gasteiger partial charge in [0.05, 0.1) is 6.10 Å². The van der Waals surface area contributed by atoms with Crippen LogP contribution in [0.5, 0.6) is 0 Å². The zero-order chi connectivity index (χ0) is 11.0. The standard InChI is InChI=1S/C14H18O2/c15-14-12(7-10-5-6-16-9-10)8-11-3-1-2-4-13(11)14/h1-4,10,12,14-15H,5-9H2. The number of aliphatic hydroxyl groups excluding tert-OH is 1. The number of hydrogen-bond acceptors (Lipinski definition) is 2. The smallest absolute Gasteiger partial charge is 0.0824 e. The van der Waals surface area contributed by atoms with Gasteiger partial charge in [-0.2, -0.15) is 0 Å². The zero-order valence-electron chi connectivity index (χ0n) is 9.43. The van der Waals surface area contributed by atoms with Crippen LogP contribution in [-0.4, -0.2) is 18.3 Å². The Hall–Kier alpha value is -0.860. The van der Waals surface area contributed by atoms with Crippen molar-refractivity contribution in [3.8, 4) is 0 Å². The van der Waals surface area contributed by atoms with Crippen LogP contribution in [0.1, 0.15) is 30.1 Å². The molecule has 1 N–H and O–H groups in total. The Kier molecular flexibility index (Phi) is 2.70. The van der Waals surface area contributed by atoms with Crippen LogP contribution in [0.3, 0.4) is 0 Å². The number of fused-ring (bicyclic) bond motifs is 1. The largest absolute Gasteiger partial charge is 0.388 e. The Balaban J connectivity index is 1.71. The molecule has 2 heteroatoms. The van der Waals surface area contributed by atoms with E-state index in [-0.39, 0.29) is 6.10 Å². The lowest BCUT2D eigenvalue weighted by atomic mass is 9.90. The van der Waals surface area contributed by atoms with Crippen molar-refractivity contribution in [2.45, 2.75) is 25.4 Å². The number of benzene rings is 1. The van der Waals surface area contributed by atoms with E-state index < -0.39 is 0 Å². The molecule has 1 aliphatic carbocycles. The van der Waals surface area contributed by atoms with Crippen molar-refractivity contribution in [1.82, 2.24) is 0 Å². The van der Waals surface area contributed by atoms with Crippen molar-refractivity contribution in [3.05, 3.63) is 35.4 Å². The Morgan fingerprint density at radius 1 is 1.31 bits per heavy atom. The molecule has 0 bridgehead atoms. The molecule has 2 aliphatic rings. The number of aliphatic hydroxyl groups is 1. The van der Waals surface area contributed by atoms with Crippen LogP contribution >= 0.6 is 0 Å². The normalized spacial score (nSPS) is 32.9. The van der Waals surface area contributed by atoms with E-state index in [1.165, 1.54) is 12.0 Å². The third kappa shape index (κ3) is 1.76. The molecule has 3 atom stereocenters. The molecule has 1 heterocycles. The molecule has 0 spiro atoms. The first-order valence-corrected chi connectivity index (χ1v) is 6.18. The maximum absolute atomic E-state index is 10.3. The van der Waals surface area contributed by atoms with Crippen LogP contribution < -0.4 is 0 Å². The quantitative estimate of drug-likeness (QED) is 0.825. The second kappa shape index (κ2) is 4.19. The highest BCUT2D eigenvalue weighted by molar-refractivity contribution is 5.34. The second-order valence-corrected chi connectivity index (χ2v) is 5.07. The summed E-state index contributed by atoms with van der Waals surface area (Å²) < 4.78 is 5.40. The van der Waals surface area contributed by atoms with Crippen molar-refractivity contribution < 1.29 is 9.84 Å². The summed E-state index contributed by atoms with van der Waals surface area (Å²) in [6, 6.07) is 8.28. The molecule has 1 aromatic carbocycles. The van der Waals surface area contributed by atoms with Crippen LogP contribution in [0.2, 0.25) is 0 Å². The Labute approximate surface area is 96.2 Å². The Morgan fingerprint density at radius 2 is 2.19 bits per heavy atom. The molecule has 0 amide bonds. The monoisotopic (exact) mass is 218 g/mol.